The van der Waals surface area contributed by atoms with Crippen molar-refractivity contribution in [2.75, 3.05) is 6.54 Å². The molecule has 6 nitrogen and oxygen atoms in total. The Hall–Kier alpha value is -2.25. The van der Waals surface area contributed by atoms with Crippen LogP contribution < -0.4 is 10.9 Å². The summed E-state index contributed by atoms with van der Waals surface area (Å²) in [5, 5.41) is 3.92. The molecule has 0 radical (unpaired) electrons. The first kappa shape index (κ1) is 20.5. The number of carbonyl (C=O) groups excluding carboxylic acids is 1. The minimum Gasteiger partial charge on any atom is -0.467 e. The molecule has 0 aliphatic rings. The monoisotopic (exact) mass is 419 g/mol. The Bertz CT molecular complexity index is 1030. The number of thioether (sulfide) groups is 1. The van der Waals surface area contributed by atoms with Gasteiger partial charge in [-0.15, -0.1) is 0 Å². The highest BCUT2D eigenvalue weighted by Gasteiger charge is 2.20. The number of aromatic nitrogens is 2. The van der Waals surface area contributed by atoms with Gasteiger partial charge in [0.2, 0.25) is 5.91 Å². The number of fused-ring (bicyclic) bond motifs is 1. The molecule has 0 saturated carbocycles. The van der Waals surface area contributed by atoms with Crippen LogP contribution in [0.15, 0.2) is 51.0 Å². The Labute approximate surface area is 172 Å². The molecule has 1 atom stereocenters. The van der Waals surface area contributed by atoms with Crippen molar-refractivity contribution in [1.29, 1.82) is 0 Å². The van der Waals surface area contributed by atoms with Crippen LogP contribution in [0.25, 0.3) is 10.9 Å². The fourth-order valence-corrected chi connectivity index (χ4v) is 3.72. The molecule has 0 saturated heterocycles. The van der Waals surface area contributed by atoms with Gasteiger partial charge in [-0.25, -0.2) is 4.98 Å². The summed E-state index contributed by atoms with van der Waals surface area (Å²) in [4.78, 5) is 30.1. The molecule has 3 aromatic rings. The highest BCUT2D eigenvalue weighted by Crippen LogP contribution is 2.24. The number of nitrogens with zero attached hydrogens (tertiary/aromatic N) is 2. The van der Waals surface area contributed by atoms with E-state index >= 15 is 0 Å². The molecule has 0 aliphatic heterocycles. The van der Waals surface area contributed by atoms with E-state index in [1.807, 2.05) is 13.8 Å². The number of amides is 1. The molecule has 148 valence electrons. The van der Waals surface area contributed by atoms with Crippen molar-refractivity contribution < 1.29 is 9.21 Å². The van der Waals surface area contributed by atoms with E-state index in [-0.39, 0.29) is 18.0 Å². The van der Waals surface area contributed by atoms with Gasteiger partial charge < -0.3 is 9.73 Å². The second-order valence-corrected chi connectivity index (χ2v) is 8.67. The lowest BCUT2D eigenvalue weighted by atomic mass is 10.2. The summed E-state index contributed by atoms with van der Waals surface area (Å²) in [6.07, 6.45) is 1.56. The number of furan rings is 1. The van der Waals surface area contributed by atoms with Crippen molar-refractivity contribution in [3.8, 4) is 0 Å². The maximum absolute atomic E-state index is 13.1. The van der Waals surface area contributed by atoms with Crippen LogP contribution in [0.1, 0.15) is 26.5 Å². The van der Waals surface area contributed by atoms with Gasteiger partial charge in [0.1, 0.15) is 5.76 Å². The van der Waals surface area contributed by atoms with Crippen LogP contribution in [0.4, 0.5) is 0 Å². The highest BCUT2D eigenvalue weighted by atomic mass is 35.5. The average molecular weight is 420 g/mol. The Morgan fingerprint density at radius 1 is 1.32 bits per heavy atom. The van der Waals surface area contributed by atoms with Crippen LogP contribution in [-0.4, -0.2) is 27.3 Å². The van der Waals surface area contributed by atoms with Crippen molar-refractivity contribution in [1.82, 2.24) is 14.9 Å². The molecule has 2 heterocycles. The topological polar surface area (TPSA) is 77.1 Å². The van der Waals surface area contributed by atoms with Gasteiger partial charge in [-0.2, -0.15) is 0 Å². The van der Waals surface area contributed by atoms with Gasteiger partial charge in [-0.05, 0) is 43.2 Å². The summed E-state index contributed by atoms with van der Waals surface area (Å²) in [6.45, 7) is 6.71. The number of carbonyl (C=O) groups is 1. The molecule has 1 N–H and O–H groups in total. The minimum atomic E-state index is -0.412. The van der Waals surface area contributed by atoms with Crippen molar-refractivity contribution >= 4 is 40.2 Å². The third kappa shape index (κ3) is 4.77. The SMILES string of the molecule is CC(C)CNC(=O)[C@@H](C)Sc1nc2cc(Cl)ccc2c(=O)n1Cc1ccco1. The number of nitrogens with one attached hydrogen (secondary N) is 1. The zero-order valence-electron chi connectivity index (χ0n) is 15.9. The zero-order chi connectivity index (χ0) is 20.3. The molecule has 28 heavy (non-hydrogen) atoms. The van der Waals surface area contributed by atoms with Gasteiger partial charge in [-0.3, -0.25) is 14.2 Å². The van der Waals surface area contributed by atoms with Crippen LogP contribution in [-0.2, 0) is 11.3 Å². The second-order valence-electron chi connectivity index (χ2n) is 6.93. The Balaban J connectivity index is 1.98. The van der Waals surface area contributed by atoms with Crippen LogP contribution in [0.5, 0.6) is 0 Å². The number of benzene rings is 1. The van der Waals surface area contributed by atoms with Crippen LogP contribution in [0, 0.1) is 5.92 Å². The summed E-state index contributed by atoms with van der Waals surface area (Å²) < 4.78 is 6.93. The summed E-state index contributed by atoms with van der Waals surface area (Å²) in [7, 11) is 0. The number of halogens is 1. The van der Waals surface area contributed by atoms with Crippen molar-refractivity contribution in [3.63, 3.8) is 0 Å². The van der Waals surface area contributed by atoms with E-state index in [0.717, 1.165) is 0 Å². The summed E-state index contributed by atoms with van der Waals surface area (Å²) in [6, 6.07) is 8.55. The van der Waals surface area contributed by atoms with E-state index < -0.39 is 5.25 Å². The molecule has 2 aromatic heterocycles. The van der Waals surface area contributed by atoms with E-state index in [1.54, 1.807) is 43.5 Å². The van der Waals surface area contributed by atoms with E-state index in [2.05, 4.69) is 10.3 Å². The van der Waals surface area contributed by atoms with Gasteiger partial charge in [-0.1, -0.05) is 37.2 Å². The first-order valence-electron chi connectivity index (χ1n) is 9.02. The van der Waals surface area contributed by atoms with Gasteiger partial charge >= 0.3 is 0 Å². The largest absolute Gasteiger partial charge is 0.467 e. The zero-order valence-corrected chi connectivity index (χ0v) is 17.5. The molecule has 1 aromatic carbocycles. The Morgan fingerprint density at radius 2 is 2.11 bits per heavy atom. The predicted molar refractivity (Wildman–Crippen MR) is 112 cm³/mol. The van der Waals surface area contributed by atoms with Crippen LogP contribution in [0.3, 0.4) is 0 Å². The molecule has 3 rings (SSSR count). The predicted octanol–water partition coefficient (Wildman–Crippen LogP) is 3.94. The molecular formula is C20H22ClN3O3S. The molecule has 0 aliphatic carbocycles. The van der Waals surface area contributed by atoms with Gasteiger partial charge in [0, 0.05) is 11.6 Å². The Kier molecular flexibility index (Phi) is 6.46. The van der Waals surface area contributed by atoms with Gasteiger partial charge in [0.15, 0.2) is 5.16 Å². The third-order valence-corrected chi connectivity index (χ3v) is 5.44. The quantitative estimate of drug-likeness (QED) is 0.463. The maximum atomic E-state index is 13.1. The number of hydrogen-bond donors (Lipinski definition) is 1. The smallest absolute Gasteiger partial charge is 0.262 e. The second kappa shape index (κ2) is 8.84. The highest BCUT2D eigenvalue weighted by molar-refractivity contribution is 8.00. The van der Waals surface area contributed by atoms with E-state index in [0.29, 0.717) is 39.3 Å². The molecule has 0 fully saturated rings. The van der Waals surface area contributed by atoms with E-state index in [4.69, 9.17) is 16.0 Å². The molecule has 1 amide bonds. The Morgan fingerprint density at radius 3 is 2.79 bits per heavy atom. The van der Waals surface area contributed by atoms with Crippen LogP contribution >= 0.6 is 23.4 Å². The first-order valence-corrected chi connectivity index (χ1v) is 10.3. The molecular weight excluding hydrogens is 398 g/mol. The lowest BCUT2D eigenvalue weighted by molar-refractivity contribution is -0.120. The average Bonchev–Trinajstić information content (AvgIpc) is 3.15. The summed E-state index contributed by atoms with van der Waals surface area (Å²) >= 11 is 7.31. The lowest BCUT2D eigenvalue weighted by Crippen LogP contribution is -2.34. The van der Waals surface area contributed by atoms with Crippen molar-refractivity contribution in [2.24, 2.45) is 5.92 Å². The molecule has 8 heteroatoms. The maximum Gasteiger partial charge on any atom is 0.262 e. The summed E-state index contributed by atoms with van der Waals surface area (Å²) in [5.74, 6) is 0.902. The van der Waals surface area contributed by atoms with Gasteiger partial charge in [0.25, 0.3) is 5.56 Å². The van der Waals surface area contributed by atoms with Gasteiger partial charge in [0.05, 0.1) is 29.0 Å². The minimum absolute atomic E-state index is 0.0938. The van der Waals surface area contributed by atoms with Crippen molar-refractivity contribution in [2.45, 2.75) is 37.7 Å². The fraction of sp³-hybridized carbons (Fsp3) is 0.350. The lowest BCUT2D eigenvalue weighted by Gasteiger charge is -2.16. The number of hydrogen-bond acceptors (Lipinski definition) is 5. The van der Waals surface area contributed by atoms with E-state index in [1.165, 1.54) is 16.3 Å². The normalized spacial score (nSPS) is 12.5. The van der Waals surface area contributed by atoms with Crippen LogP contribution in [0.2, 0.25) is 5.02 Å². The fourth-order valence-electron chi connectivity index (χ4n) is 2.62. The van der Waals surface area contributed by atoms with E-state index in [9.17, 15) is 9.59 Å². The third-order valence-electron chi connectivity index (χ3n) is 4.11. The summed E-state index contributed by atoms with van der Waals surface area (Å²) in [5.41, 5.74) is 0.306. The molecule has 0 bridgehead atoms. The number of rotatable bonds is 7. The first-order chi connectivity index (χ1) is 13.3. The molecule has 0 spiro atoms. The van der Waals surface area contributed by atoms with Crippen molar-refractivity contribution in [3.05, 3.63) is 57.7 Å². The standard InChI is InChI=1S/C20H22ClN3O3S/c1-12(2)10-22-18(25)13(3)28-20-23-17-9-14(21)6-7-16(17)19(26)24(20)11-15-5-4-8-27-15/h4-9,12-13H,10-11H2,1-3H3,(H,22,25)/t13-/m1/s1. The molecule has 0 unspecified atom stereocenters.